The van der Waals surface area contributed by atoms with Crippen molar-refractivity contribution in [2.45, 2.75) is 18.4 Å². The second-order valence-corrected chi connectivity index (χ2v) is 8.18. The lowest BCUT2D eigenvalue weighted by Gasteiger charge is -2.05. The number of aromatic nitrogens is 3. The smallest absolute Gasteiger partial charge is 0.277 e. The van der Waals surface area contributed by atoms with Crippen LogP contribution in [0.15, 0.2) is 71.8 Å². The molecule has 7 heteroatoms. The van der Waals surface area contributed by atoms with Gasteiger partial charge in [-0.2, -0.15) is 5.10 Å². The zero-order valence-corrected chi connectivity index (χ0v) is 16.9. The summed E-state index contributed by atoms with van der Waals surface area (Å²) in [5.74, 6) is 0.190. The summed E-state index contributed by atoms with van der Waals surface area (Å²) < 4.78 is 13.4. The molecule has 0 saturated carbocycles. The molecule has 4 rings (SSSR count). The highest BCUT2D eigenvalue weighted by Crippen LogP contribution is 2.21. The number of hydrogen-bond acceptors (Lipinski definition) is 4. The fourth-order valence-electron chi connectivity index (χ4n) is 3.09. The second kappa shape index (κ2) is 7.97. The van der Waals surface area contributed by atoms with Crippen LogP contribution in [0.2, 0.25) is 0 Å². The standard InChI is InChI=1S/C22H20N4O2S/c1-15-7-12-20(23-13-15)24-22(27)21-18-5-3-4-6-19(18)26(25-21)14-16-8-10-17(11-9-16)29(2)28/h3-13H,14H2,1-2H3,(H,23,24,27). The molecule has 4 aromatic rings. The number of carbonyl (C=O) groups excluding carboxylic acids is 1. The number of pyridine rings is 1. The van der Waals surface area contributed by atoms with Gasteiger partial charge in [0.25, 0.3) is 5.91 Å². The van der Waals surface area contributed by atoms with Crippen LogP contribution >= 0.6 is 0 Å². The van der Waals surface area contributed by atoms with Crippen LogP contribution < -0.4 is 5.32 Å². The van der Waals surface area contributed by atoms with Crippen LogP contribution in [0.5, 0.6) is 0 Å². The third-order valence-electron chi connectivity index (χ3n) is 4.61. The van der Waals surface area contributed by atoms with Crippen molar-refractivity contribution >= 4 is 33.4 Å². The summed E-state index contributed by atoms with van der Waals surface area (Å²) >= 11 is 0. The van der Waals surface area contributed by atoms with E-state index in [-0.39, 0.29) is 5.91 Å². The highest BCUT2D eigenvalue weighted by Gasteiger charge is 2.17. The van der Waals surface area contributed by atoms with Crippen LogP contribution in [0.3, 0.4) is 0 Å². The first-order valence-electron chi connectivity index (χ1n) is 9.13. The predicted octanol–water partition coefficient (Wildman–Crippen LogP) is 3.78. The zero-order chi connectivity index (χ0) is 20.4. The summed E-state index contributed by atoms with van der Waals surface area (Å²) in [6.45, 7) is 2.45. The minimum Gasteiger partial charge on any atom is -0.305 e. The Labute approximate surface area is 171 Å². The van der Waals surface area contributed by atoms with E-state index < -0.39 is 10.8 Å². The second-order valence-electron chi connectivity index (χ2n) is 6.80. The maximum atomic E-state index is 12.8. The number of carbonyl (C=O) groups is 1. The molecule has 1 unspecified atom stereocenters. The molecule has 6 nitrogen and oxygen atoms in total. The number of nitrogens with one attached hydrogen (secondary N) is 1. The summed E-state index contributed by atoms with van der Waals surface area (Å²) in [5.41, 5.74) is 3.27. The molecular formula is C22H20N4O2S. The molecule has 2 aromatic carbocycles. The monoisotopic (exact) mass is 404 g/mol. The van der Waals surface area contributed by atoms with Crippen molar-refractivity contribution in [3.63, 3.8) is 0 Å². The van der Waals surface area contributed by atoms with Gasteiger partial charge in [0.05, 0.1) is 12.1 Å². The Morgan fingerprint density at radius 3 is 2.52 bits per heavy atom. The zero-order valence-electron chi connectivity index (χ0n) is 16.1. The first-order valence-corrected chi connectivity index (χ1v) is 10.7. The average Bonchev–Trinajstić information content (AvgIpc) is 3.09. The fourth-order valence-corrected chi connectivity index (χ4v) is 3.61. The number of hydrogen-bond donors (Lipinski definition) is 1. The molecule has 2 aromatic heterocycles. The maximum Gasteiger partial charge on any atom is 0.277 e. The van der Waals surface area contributed by atoms with Gasteiger partial charge in [0.1, 0.15) is 5.82 Å². The van der Waals surface area contributed by atoms with Crippen molar-refractivity contribution in [1.29, 1.82) is 0 Å². The topological polar surface area (TPSA) is 76.9 Å². The number of aryl methyl sites for hydroxylation is 1. The SMILES string of the molecule is Cc1ccc(NC(=O)c2nn(Cc3ccc(S(C)=O)cc3)c3ccccc23)nc1. The Kier molecular flexibility index (Phi) is 5.22. The highest BCUT2D eigenvalue weighted by molar-refractivity contribution is 7.84. The highest BCUT2D eigenvalue weighted by atomic mass is 32.2. The van der Waals surface area contributed by atoms with Crippen molar-refractivity contribution in [2.75, 3.05) is 11.6 Å². The summed E-state index contributed by atoms with van der Waals surface area (Å²) in [6.07, 6.45) is 3.36. The third-order valence-corrected chi connectivity index (χ3v) is 5.55. The van der Waals surface area contributed by atoms with Gasteiger partial charge in [0, 0.05) is 33.5 Å². The summed E-state index contributed by atoms with van der Waals surface area (Å²) in [7, 11) is -1.01. The van der Waals surface area contributed by atoms with E-state index in [9.17, 15) is 9.00 Å². The maximum absolute atomic E-state index is 12.8. The summed E-state index contributed by atoms with van der Waals surface area (Å²) in [4.78, 5) is 17.8. The molecule has 0 spiro atoms. The average molecular weight is 404 g/mol. The molecule has 1 amide bonds. The van der Waals surface area contributed by atoms with Gasteiger partial charge < -0.3 is 5.32 Å². The van der Waals surface area contributed by atoms with Gasteiger partial charge in [-0.05, 0) is 42.3 Å². The minimum absolute atomic E-state index is 0.298. The Morgan fingerprint density at radius 1 is 1.07 bits per heavy atom. The Balaban J connectivity index is 1.65. The molecule has 0 aliphatic carbocycles. The number of rotatable bonds is 5. The number of amides is 1. The van der Waals surface area contributed by atoms with Crippen LogP contribution in [0.4, 0.5) is 5.82 Å². The molecular weight excluding hydrogens is 384 g/mol. The van der Waals surface area contributed by atoms with E-state index in [1.54, 1.807) is 18.5 Å². The lowest BCUT2D eigenvalue weighted by molar-refractivity contribution is 0.102. The first-order chi connectivity index (χ1) is 14.0. The van der Waals surface area contributed by atoms with Crippen LogP contribution in [0, 0.1) is 6.92 Å². The summed E-state index contributed by atoms with van der Waals surface area (Å²) in [6, 6.07) is 18.9. The van der Waals surface area contributed by atoms with Crippen molar-refractivity contribution < 1.29 is 9.00 Å². The molecule has 1 N–H and O–H groups in total. The lowest BCUT2D eigenvalue weighted by atomic mass is 10.2. The van der Waals surface area contributed by atoms with Crippen LogP contribution in [-0.4, -0.2) is 31.1 Å². The van der Waals surface area contributed by atoms with Crippen molar-refractivity contribution in [2.24, 2.45) is 0 Å². The number of fused-ring (bicyclic) bond motifs is 1. The Bertz CT molecular complexity index is 1200. The Morgan fingerprint density at radius 2 is 1.83 bits per heavy atom. The van der Waals surface area contributed by atoms with Gasteiger partial charge in [0.15, 0.2) is 5.69 Å². The Hall–Kier alpha value is -3.32. The molecule has 29 heavy (non-hydrogen) atoms. The van der Waals surface area contributed by atoms with Gasteiger partial charge in [-0.15, -0.1) is 0 Å². The van der Waals surface area contributed by atoms with E-state index in [4.69, 9.17) is 0 Å². The van der Waals surface area contributed by atoms with Crippen LogP contribution in [0.25, 0.3) is 10.9 Å². The van der Waals surface area contributed by atoms with Crippen LogP contribution in [0.1, 0.15) is 21.6 Å². The molecule has 0 bridgehead atoms. The molecule has 146 valence electrons. The van der Waals surface area contributed by atoms with E-state index in [2.05, 4.69) is 15.4 Å². The van der Waals surface area contributed by atoms with Crippen molar-refractivity contribution in [3.05, 3.63) is 83.7 Å². The van der Waals surface area contributed by atoms with Crippen molar-refractivity contribution in [3.8, 4) is 0 Å². The first kappa shape index (κ1) is 19.0. The number of anilines is 1. The molecule has 0 fully saturated rings. The van der Waals surface area contributed by atoms with E-state index in [0.717, 1.165) is 26.9 Å². The van der Waals surface area contributed by atoms with E-state index >= 15 is 0 Å². The van der Waals surface area contributed by atoms with Gasteiger partial charge in [-0.3, -0.25) is 13.7 Å². The van der Waals surface area contributed by atoms with Gasteiger partial charge in [-0.1, -0.05) is 36.4 Å². The van der Waals surface area contributed by atoms with Gasteiger partial charge in [-0.25, -0.2) is 4.98 Å². The van der Waals surface area contributed by atoms with Crippen LogP contribution in [-0.2, 0) is 17.3 Å². The van der Waals surface area contributed by atoms with E-state index in [1.165, 1.54) is 0 Å². The van der Waals surface area contributed by atoms with E-state index in [0.29, 0.717) is 18.1 Å². The number of para-hydroxylation sites is 1. The largest absolute Gasteiger partial charge is 0.305 e. The number of nitrogens with zero attached hydrogens (tertiary/aromatic N) is 3. The van der Waals surface area contributed by atoms with E-state index in [1.807, 2.05) is 66.2 Å². The normalized spacial score (nSPS) is 12.1. The summed E-state index contributed by atoms with van der Waals surface area (Å²) in [5, 5.41) is 8.17. The van der Waals surface area contributed by atoms with Gasteiger partial charge >= 0.3 is 0 Å². The quantitative estimate of drug-likeness (QED) is 0.549. The molecule has 0 aliphatic heterocycles. The number of benzene rings is 2. The molecule has 1 atom stereocenters. The van der Waals surface area contributed by atoms with Crippen molar-refractivity contribution in [1.82, 2.24) is 14.8 Å². The lowest BCUT2D eigenvalue weighted by Crippen LogP contribution is -2.14. The minimum atomic E-state index is -1.01. The van der Waals surface area contributed by atoms with Gasteiger partial charge in [0.2, 0.25) is 0 Å². The predicted molar refractivity (Wildman–Crippen MR) is 115 cm³/mol. The fraction of sp³-hybridized carbons (Fsp3) is 0.136. The molecule has 0 saturated heterocycles. The third kappa shape index (κ3) is 4.09. The molecule has 0 radical (unpaired) electrons. The molecule has 2 heterocycles. The molecule has 0 aliphatic rings.